The number of rotatable bonds is 7. The number of nitrogens with zero attached hydrogens (tertiary/aromatic N) is 1. The quantitative estimate of drug-likeness (QED) is 0.585. The Bertz CT molecular complexity index is 941. The first-order chi connectivity index (χ1) is 14.9. The molecule has 1 saturated carbocycles. The minimum absolute atomic E-state index is 0.0300. The predicted molar refractivity (Wildman–Crippen MR) is 124 cm³/mol. The van der Waals surface area contributed by atoms with Gasteiger partial charge in [-0.3, -0.25) is 14.4 Å². The van der Waals surface area contributed by atoms with Crippen LogP contribution in [0.1, 0.15) is 64.2 Å². The highest BCUT2D eigenvalue weighted by molar-refractivity contribution is 7.97. The van der Waals surface area contributed by atoms with Crippen LogP contribution in [0, 0.1) is 19.7 Å². The van der Waals surface area contributed by atoms with Gasteiger partial charge in [-0.05, 0) is 69.2 Å². The highest BCUT2D eigenvalue weighted by Crippen LogP contribution is 2.45. The number of carbonyl (C=O) groups is 1. The summed E-state index contributed by atoms with van der Waals surface area (Å²) in [4.78, 5) is 14.6. The molecular formula is C25H31FN2O2S. The summed E-state index contributed by atoms with van der Waals surface area (Å²) >= 11 is 1.18. The molecule has 0 radical (unpaired) electrons. The Balaban J connectivity index is 1.48. The first-order valence-corrected chi connectivity index (χ1v) is 12.3. The van der Waals surface area contributed by atoms with Crippen molar-refractivity contribution >= 4 is 17.9 Å². The Hall–Kier alpha value is -2.05. The smallest absolute Gasteiger partial charge is 0.264 e. The fourth-order valence-corrected chi connectivity index (χ4v) is 4.86. The van der Waals surface area contributed by atoms with Crippen LogP contribution < -0.4 is 9.46 Å². The molecule has 1 saturated heterocycles. The number of hydrogen-bond acceptors (Lipinski definition) is 4. The van der Waals surface area contributed by atoms with Gasteiger partial charge in [0.25, 0.3) is 5.91 Å². The largest absolute Gasteiger partial charge is 0.489 e. The number of hydrogen-bond donors (Lipinski definition) is 1. The first kappa shape index (κ1) is 22.2. The molecule has 6 heteroatoms. The van der Waals surface area contributed by atoms with E-state index in [1.807, 2.05) is 0 Å². The third-order valence-corrected chi connectivity index (χ3v) is 6.39. The Morgan fingerprint density at radius 3 is 2.58 bits per heavy atom. The molecule has 1 atom stereocenters. The average molecular weight is 443 g/mol. The lowest BCUT2D eigenvalue weighted by atomic mass is 10.0. The van der Waals surface area contributed by atoms with Crippen molar-refractivity contribution in [3.05, 3.63) is 64.0 Å². The number of halogens is 1. The van der Waals surface area contributed by atoms with Gasteiger partial charge in [0, 0.05) is 25.4 Å². The van der Waals surface area contributed by atoms with Crippen molar-refractivity contribution in [1.29, 1.82) is 0 Å². The summed E-state index contributed by atoms with van der Waals surface area (Å²) in [5.41, 5.74) is 4.97. The van der Waals surface area contributed by atoms with Gasteiger partial charge in [-0.1, -0.05) is 41.3 Å². The van der Waals surface area contributed by atoms with Crippen LogP contribution in [-0.2, 0) is 6.54 Å². The predicted octanol–water partition coefficient (Wildman–Crippen LogP) is 5.37. The Morgan fingerprint density at radius 2 is 1.90 bits per heavy atom. The minimum atomic E-state index is -0.520. The first-order valence-electron chi connectivity index (χ1n) is 11.1. The van der Waals surface area contributed by atoms with E-state index in [0.29, 0.717) is 11.7 Å². The second kappa shape index (κ2) is 9.61. The van der Waals surface area contributed by atoms with E-state index in [0.717, 1.165) is 50.9 Å². The Morgan fingerprint density at radius 1 is 1.16 bits per heavy atom. The zero-order valence-electron chi connectivity index (χ0n) is 18.5. The Kier molecular flexibility index (Phi) is 6.87. The number of ether oxygens (including phenoxy) is 1. The molecule has 0 spiro atoms. The molecule has 2 aromatic rings. The standard InChI is InChI=1S/C25H31FN2O2S/c1-16-9-17(2)11-18(10-16)14-28-8-4-5-20(15-28)30-24-13-23(26)22(25(29)27-31-3)12-21(24)19-6-7-19/h9-13,19-20H,4-8,14-15H2,1-3H3,(H,27,29). The fraction of sp³-hybridized carbons (Fsp3) is 0.480. The molecule has 1 N–H and O–H groups in total. The van der Waals surface area contributed by atoms with Crippen molar-refractivity contribution in [3.63, 3.8) is 0 Å². The number of aryl methyl sites for hydroxylation is 2. The molecule has 31 heavy (non-hydrogen) atoms. The van der Waals surface area contributed by atoms with Crippen LogP contribution in [0.4, 0.5) is 4.39 Å². The molecule has 2 fully saturated rings. The molecule has 1 aliphatic carbocycles. The summed E-state index contributed by atoms with van der Waals surface area (Å²) in [6, 6.07) is 9.81. The van der Waals surface area contributed by atoms with Gasteiger partial charge in [0.15, 0.2) is 0 Å². The molecule has 4 nitrogen and oxygen atoms in total. The highest BCUT2D eigenvalue weighted by Gasteiger charge is 2.31. The number of likely N-dealkylation sites (tertiary alicyclic amines) is 1. The molecule has 2 aromatic carbocycles. The van der Waals surface area contributed by atoms with Crippen LogP contribution in [0.5, 0.6) is 5.75 Å². The van der Waals surface area contributed by atoms with Gasteiger partial charge < -0.3 is 4.74 Å². The zero-order valence-corrected chi connectivity index (χ0v) is 19.4. The van der Waals surface area contributed by atoms with Gasteiger partial charge in [0.05, 0.1) is 5.56 Å². The van der Waals surface area contributed by atoms with Gasteiger partial charge in [0.2, 0.25) is 0 Å². The summed E-state index contributed by atoms with van der Waals surface area (Å²) in [6.07, 6.45) is 5.93. The molecule has 4 rings (SSSR count). The minimum Gasteiger partial charge on any atom is -0.489 e. The normalized spacial score (nSPS) is 19.3. The fourth-order valence-electron chi connectivity index (χ4n) is 4.56. The van der Waals surface area contributed by atoms with Gasteiger partial charge in [-0.2, -0.15) is 0 Å². The lowest BCUT2D eigenvalue weighted by Crippen LogP contribution is -2.40. The molecule has 2 aliphatic rings. The maximum atomic E-state index is 14.7. The van der Waals surface area contributed by atoms with E-state index in [1.54, 1.807) is 12.3 Å². The summed E-state index contributed by atoms with van der Waals surface area (Å²) in [5.74, 6) is 0.0648. The molecular weight excluding hydrogens is 411 g/mol. The van der Waals surface area contributed by atoms with Gasteiger partial charge in [-0.25, -0.2) is 4.39 Å². The van der Waals surface area contributed by atoms with Crippen molar-refractivity contribution in [2.45, 2.75) is 58.1 Å². The maximum Gasteiger partial charge on any atom is 0.264 e. The molecule has 0 aromatic heterocycles. The van der Waals surface area contributed by atoms with E-state index in [2.05, 4.69) is 41.7 Å². The summed E-state index contributed by atoms with van der Waals surface area (Å²) in [6.45, 7) is 7.04. The number of benzene rings is 2. The second-order valence-corrected chi connectivity index (χ2v) is 9.51. The van der Waals surface area contributed by atoms with Gasteiger partial charge >= 0.3 is 0 Å². The van der Waals surface area contributed by atoms with Crippen molar-refractivity contribution in [2.24, 2.45) is 0 Å². The monoisotopic (exact) mass is 442 g/mol. The summed E-state index contributed by atoms with van der Waals surface area (Å²) < 4.78 is 23.7. The lowest BCUT2D eigenvalue weighted by Gasteiger charge is -2.33. The molecule has 0 bridgehead atoms. The zero-order chi connectivity index (χ0) is 22.0. The van der Waals surface area contributed by atoms with Crippen molar-refractivity contribution in [1.82, 2.24) is 9.62 Å². The summed E-state index contributed by atoms with van der Waals surface area (Å²) in [5, 5.41) is 0. The molecule has 1 unspecified atom stereocenters. The Labute approximate surface area is 188 Å². The van der Waals surface area contributed by atoms with Crippen LogP contribution in [0.3, 0.4) is 0 Å². The third-order valence-electron chi connectivity index (χ3n) is 6.00. The maximum absolute atomic E-state index is 14.7. The number of amides is 1. The topological polar surface area (TPSA) is 41.6 Å². The van der Waals surface area contributed by atoms with E-state index in [9.17, 15) is 9.18 Å². The van der Waals surface area contributed by atoms with Crippen LogP contribution in [-0.4, -0.2) is 36.3 Å². The van der Waals surface area contributed by atoms with Crippen LogP contribution >= 0.6 is 11.9 Å². The van der Waals surface area contributed by atoms with Crippen LogP contribution in [0.2, 0.25) is 0 Å². The second-order valence-electron chi connectivity index (χ2n) is 8.89. The molecule has 1 amide bonds. The van der Waals surface area contributed by atoms with E-state index >= 15 is 0 Å². The number of piperidine rings is 1. The van der Waals surface area contributed by atoms with Crippen molar-refractivity contribution < 1.29 is 13.9 Å². The summed E-state index contributed by atoms with van der Waals surface area (Å²) in [7, 11) is 0. The van der Waals surface area contributed by atoms with Crippen LogP contribution in [0.15, 0.2) is 30.3 Å². The van der Waals surface area contributed by atoms with E-state index in [-0.39, 0.29) is 11.7 Å². The van der Waals surface area contributed by atoms with E-state index in [1.165, 1.54) is 34.7 Å². The number of nitrogens with one attached hydrogen (secondary N) is 1. The van der Waals surface area contributed by atoms with Crippen LogP contribution in [0.25, 0.3) is 0 Å². The van der Waals surface area contributed by atoms with E-state index < -0.39 is 11.7 Å². The third kappa shape index (κ3) is 5.60. The average Bonchev–Trinajstić information content (AvgIpc) is 3.53. The molecule has 1 heterocycles. The van der Waals surface area contributed by atoms with Gasteiger partial charge in [0.1, 0.15) is 17.7 Å². The van der Waals surface area contributed by atoms with Crippen molar-refractivity contribution in [3.8, 4) is 5.75 Å². The SMILES string of the molecule is CSNC(=O)c1cc(C2CC2)c(OC2CCCN(Cc3cc(C)cc(C)c3)C2)cc1F. The highest BCUT2D eigenvalue weighted by atomic mass is 32.2. The number of carbonyl (C=O) groups excluding carboxylic acids is 1. The lowest BCUT2D eigenvalue weighted by molar-refractivity contribution is 0.0832. The van der Waals surface area contributed by atoms with Gasteiger partial charge in [-0.15, -0.1) is 0 Å². The molecule has 166 valence electrons. The molecule has 1 aliphatic heterocycles. The van der Waals surface area contributed by atoms with Crippen molar-refractivity contribution in [2.75, 3.05) is 19.3 Å². The van der Waals surface area contributed by atoms with E-state index in [4.69, 9.17) is 4.74 Å².